The van der Waals surface area contributed by atoms with Gasteiger partial charge in [0.2, 0.25) is 0 Å². The lowest BCUT2D eigenvalue weighted by molar-refractivity contribution is -0.159. The van der Waals surface area contributed by atoms with E-state index >= 15 is 0 Å². The van der Waals surface area contributed by atoms with Gasteiger partial charge in [0.25, 0.3) is 0 Å². The summed E-state index contributed by atoms with van der Waals surface area (Å²) in [6.45, 7) is 9.06. The van der Waals surface area contributed by atoms with Crippen LogP contribution in [-0.4, -0.2) is 35.4 Å². The molecule has 2 fully saturated rings. The molecule has 0 bridgehead atoms. The smallest absolute Gasteiger partial charge is 0.303 e. The maximum Gasteiger partial charge on any atom is 0.303 e. The van der Waals surface area contributed by atoms with Gasteiger partial charge in [-0.15, -0.1) is 0 Å². The standard InChI is InChI=1S/C24H41NO3/c1-16-13-22-21(17(2)15-25-20-9-7-5-6-8-10-20)12-11-18(3)24(22,27)14-23(16)28-19(4)26/h13,17-18,20-23,25,27H,5-12,14-15H2,1-4H3/t17-,18-,21+,22-,23-,24-/m1/s1. The van der Waals surface area contributed by atoms with Gasteiger partial charge in [0.15, 0.2) is 0 Å². The van der Waals surface area contributed by atoms with E-state index in [-0.39, 0.29) is 23.9 Å². The van der Waals surface area contributed by atoms with E-state index in [0.29, 0.717) is 24.3 Å². The van der Waals surface area contributed by atoms with Gasteiger partial charge >= 0.3 is 5.97 Å². The molecule has 0 heterocycles. The minimum Gasteiger partial charge on any atom is -0.458 e. The minimum atomic E-state index is -0.765. The summed E-state index contributed by atoms with van der Waals surface area (Å²) >= 11 is 0. The van der Waals surface area contributed by atoms with E-state index in [2.05, 4.69) is 32.2 Å². The lowest BCUT2D eigenvalue weighted by Gasteiger charge is -2.53. The number of nitrogens with one attached hydrogen (secondary N) is 1. The maximum atomic E-state index is 11.7. The number of esters is 1. The molecular formula is C24H41NO3. The van der Waals surface area contributed by atoms with E-state index in [4.69, 9.17) is 4.74 Å². The molecule has 0 saturated heterocycles. The van der Waals surface area contributed by atoms with Crippen molar-refractivity contribution in [3.63, 3.8) is 0 Å². The average Bonchev–Trinajstić information content (AvgIpc) is 2.91. The fourth-order valence-electron chi connectivity index (χ4n) is 5.99. The van der Waals surface area contributed by atoms with E-state index < -0.39 is 5.60 Å². The Morgan fingerprint density at radius 1 is 1.25 bits per heavy atom. The third-order valence-corrected chi connectivity index (χ3v) is 7.91. The molecule has 0 aromatic carbocycles. The van der Waals surface area contributed by atoms with Gasteiger partial charge in [-0.2, -0.15) is 0 Å². The number of hydrogen-bond acceptors (Lipinski definition) is 4. The molecule has 2 saturated carbocycles. The zero-order valence-electron chi connectivity index (χ0n) is 18.4. The number of rotatable bonds is 5. The molecule has 0 aliphatic heterocycles. The Morgan fingerprint density at radius 2 is 1.93 bits per heavy atom. The topological polar surface area (TPSA) is 58.6 Å². The Balaban J connectivity index is 1.69. The van der Waals surface area contributed by atoms with E-state index in [1.807, 2.05) is 0 Å². The monoisotopic (exact) mass is 391 g/mol. The summed E-state index contributed by atoms with van der Waals surface area (Å²) in [5.41, 5.74) is 0.340. The summed E-state index contributed by atoms with van der Waals surface area (Å²) < 4.78 is 5.52. The highest BCUT2D eigenvalue weighted by molar-refractivity contribution is 5.66. The first-order valence-corrected chi connectivity index (χ1v) is 11.6. The molecule has 0 unspecified atom stereocenters. The highest BCUT2D eigenvalue weighted by Crippen LogP contribution is 2.51. The molecule has 3 aliphatic rings. The predicted molar refractivity (Wildman–Crippen MR) is 113 cm³/mol. The number of fused-ring (bicyclic) bond motifs is 1. The number of aliphatic hydroxyl groups is 1. The third-order valence-electron chi connectivity index (χ3n) is 7.91. The summed E-state index contributed by atoms with van der Waals surface area (Å²) in [5.74, 6) is 1.14. The lowest BCUT2D eigenvalue weighted by atomic mass is 9.57. The van der Waals surface area contributed by atoms with Gasteiger partial charge in [-0.1, -0.05) is 45.6 Å². The highest BCUT2D eigenvalue weighted by Gasteiger charge is 2.52. The van der Waals surface area contributed by atoms with E-state index in [0.717, 1.165) is 18.5 Å². The fourth-order valence-corrected chi connectivity index (χ4v) is 5.99. The first kappa shape index (κ1) is 21.8. The third kappa shape index (κ3) is 4.81. The van der Waals surface area contributed by atoms with Crippen molar-refractivity contribution in [1.82, 2.24) is 5.32 Å². The maximum absolute atomic E-state index is 11.7. The van der Waals surface area contributed by atoms with Crippen LogP contribution in [0.2, 0.25) is 0 Å². The number of carbonyl (C=O) groups excluding carboxylic acids is 1. The van der Waals surface area contributed by atoms with Gasteiger partial charge in [-0.05, 0) is 62.5 Å². The van der Waals surface area contributed by atoms with Crippen LogP contribution in [0.25, 0.3) is 0 Å². The molecule has 0 aromatic heterocycles. The molecule has 0 spiro atoms. The summed E-state index contributed by atoms with van der Waals surface area (Å²) in [5, 5.41) is 15.5. The molecule has 28 heavy (non-hydrogen) atoms. The minimum absolute atomic E-state index is 0.161. The fraction of sp³-hybridized carbons (Fsp3) is 0.875. The molecule has 2 N–H and O–H groups in total. The Hall–Kier alpha value is -0.870. The van der Waals surface area contributed by atoms with E-state index in [1.54, 1.807) is 0 Å². The molecule has 6 atom stereocenters. The van der Waals surface area contributed by atoms with Gasteiger partial charge in [0.05, 0.1) is 5.60 Å². The van der Waals surface area contributed by atoms with Crippen molar-refractivity contribution in [2.24, 2.45) is 23.7 Å². The first-order chi connectivity index (χ1) is 13.3. The second-order valence-electron chi connectivity index (χ2n) is 9.95. The van der Waals surface area contributed by atoms with Gasteiger partial charge in [-0.3, -0.25) is 4.79 Å². The summed E-state index contributed by atoms with van der Waals surface area (Å²) in [4.78, 5) is 11.5. The molecule has 0 radical (unpaired) electrons. The van der Waals surface area contributed by atoms with Crippen molar-refractivity contribution >= 4 is 5.97 Å². The van der Waals surface area contributed by atoms with Crippen LogP contribution in [0, 0.1) is 23.7 Å². The summed E-state index contributed by atoms with van der Waals surface area (Å²) in [6, 6.07) is 0.670. The molecule has 4 nitrogen and oxygen atoms in total. The predicted octanol–water partition coefficient (Wildman–Crippen LogP) is 4.61. The van der Waals surface area contributed by atoms with Crippen molar-refractivity contribution in [1.29, 1.82) is 0 Å². The second-order valence-corrected chi connectivity index (χ2v) is 9.95. The Labute approximate surface area is 171 Å². The van der Waals surface area contributed by atoms with Gasteiger partial charge < -0.3 is 15.2 Å². The molecule has 3 aliphatic carbocycles. The zero-order valence-corrected chi connectivity index (χ0v) is 18.4. The van der Waals surface area contributed by atoms with E-state index in [1.165, 1.54) is 51.9 Å². The van der Waals surface area contributed by atoms with E-state index in [9.17, 15) is 9.90 Å². The average molecular weight is 392 g/mol. The summed E-state index contributed by atoms with van der Waals surface area (Å²) in [7, 11) is 0. The normalized spacial score (nSPS) is 38.1. The van der Waals surface area contributed by atoms with Crippen molar-refractivity contribution < 1.29 is 14.6 Å². The van der Waals surface area contributed by atoms with Crippen molar-refractivity contribution in [2.45, 2.75) is 103 Å². The number of carbonyl (C=O) groups is 1. The van der Waals surface area contributed by atoms with Crippen molar-refractivity contribution in [3.8, 4) is 0 Å². The lowest BCUT2D eigenvalue weighted by Crippen LogP contribution is -2.56. The highest BCUT2D eigenvalue weighted by atomic mass is 16.5. The zero-order chi connectivity index (χ0) is 20.3. The number of hydrogen-bond donors (Lipinski definition) is 2. The van der Waals surface area contributed by atoms with Crippen LogP contribution in [0.4, 0.5) is 0 Å². The van der Waals surface area contributed by atoms with Crippen LogP contribution in [-0.2, 0) is 9.53 Å². The largest absolute Gasteiger partial charge is 0.458 e. The molecular weight excluding hydrogens is 350 g/mol. The van der Waals surface area contributed by atoms with Crippen LogP contribution in [0.15, 0.2) is 11.6 Å². The van der Waals surface area contributed by atoms with Crippen LogP contribution < -0.4 is 5.32 Å². The van der Waals surface area contributed by atoms with Gasteiger partial charge in [0, 0.05) is 25.3 Å². The van der Waals surface area contributed by atoms with Crippen molar-refractivity contribution in [3.05, 3.63) is 11.6 Å². The quantitative estimate of drug-likeness (QED) is 0.408. The Morgan fingerprint density at radius 3 is 2.57 bits per heavy atom. The van der Waals surface area contributed by atoms with Crippen LogP contribution >= 0.6 is 0 Å². The van der Waals surface area contributed by atoms with Crippen molar-refractivity contribution in [2.75, 3.05) is 6.54 Å². The molecule has 3 rings (SSSR count). The van der Waals surface area contributed by atoms with Crippen LogP contribution in [0.3, 0.4) is 0 Å². The molecule has 0 amide bonds. The molecule has 4 heteroatoms. The van der Waals surface area contributed by atoms with Crippen LogP contribution in [0.5, 0.6) is 0 Å². The van der Waals surface area contributed by atoms with Gasteiger partial charge in [-0.25, -0.2) is 0 Å². The Bertz CT molecular complexity index is 566. The summed E-state index contributed by atoms with van der Waals surface area (Å²) in [6.07, 6.45) is 12.8. The van der Waals surface area contributed by atoms with Crippen LogP contribution in [0.1, 0.15) is 85.5 Å². The first-order valence-electron chi connectivity index (χ1n) is 11.6. The molecule has 160 valence electrons. The van der Waals surface area contributed by atoms with Gasteiger partial charge in [0.1, 0.15) is 6.10 Å². The second kappa shape index (κ2) is 9.30. The SMILES string of the molecule is CC(=O)O[C@@H]1C[C@@]2(O)[C@H](C)CC[C@@H]([C@H](C)CNC3CCCCCC3)[C@H]2C=C1C. The Kier molecular flexibility index (Phi) is 7.25. The molecule has 0 aromatic rings. The number of ether oxygens (including phenoxy) is 1.